The highest BCUT2D eigenvalue weighted by atomic mass is 16.2. The standard InChI is InChI=1S/C19H17N7O3/c1-12-15(7-4-8-16(12)26-11-20-23-24-26)21-17(27)9-10-25-19(29)14-6-3-2-5-13(14)18(28)22-25/h2-8,11H,9-10H2,1H3,(H,21,27)(H,22,28). The number of carbonyl (C=O) groups is 1. The van der Waals surface area contributed by atoms with Crippen LogP contribution in [0.25, 0.3) is 16.5 Å². The highest BCUT2D eigenvalue weighted by Gasteiger charge is 2.12. The lowest BCUT2D eigenvalue weighted by Crippen LogP contribution is -2.31. The molecule has 2 aromatic carbocycles. The summed E-state index contributed by atoms with van der Waals surface area (Å²) < 4.78 is 2.67. The predicted molar refractivity (Wildman–Crippen MR) is 106 cm³/mol. The maximum Gasteiger partial charge on any atom is 0.273 e. The molecule has 0 unspecified atom stereocenters. The number of tetrazole rings is 1. The fourth-order valence-electron chi connectivity index (χ4n) is 3.11. The average Bonchev–Trinajstić information content (AvgIpc) is 3.26. The highest BCUT2D eigenvalue weighted by Crippen LogP contribution is 2.21. The molecule has 0 atom stereocenters. The third kappa shape index (κ3) is 3.55. The average molecular weight is 391 g/mol. The fraction of sp³-hybridized carbons (Fsp3) is 0.158. The molecule has 0 aliphatic carbocycles. The topological polar surface area (TPSA) is 128 Å². The quantitative estimate of drug-likeness (QED) is 0.522. The summed E-state index contributed by atoms with van der Waals surface area (Å²) in [7, 11) is 0. The zero-order valence-electron chi connectivity index (χ0n) is 15.5. The normalized spacial score (nSPS) is 10.9. The van der Waals surface area contributed by atoms with Crippen LogP contribution in [-0.4, -0.2) is 35.9 Å². The van der Waals surface area contributed by atoms with Crippen molar-refractivity contribution in [2.24, 2.45) is 0 Å². The summed E-state index contributed by atoms with van der Waals surface area (Å²) in [5.74, 6) is -0.289. The number of aromatic amines is 1. The molecule has 0 radical (unpaired) electrons. The maximum absolute atomic E-state index is 12.5. The first-order valence-corrected chi connectivity index (χ1v) is 8.89. The zero-order valence-corrected chi connectivity index (χ0v) is 15.5. The van der Waals surface area contributed by atoms with E-state index in [9.17, 15) is 14.4 Å². The van der Waals surface area contributed by atoms with Crippen molar-refractivity contribution in [3.8, 4) is 5.69 Å². The van der Waals surface area contributed by atoms with Crippen molar-refractivity contribution in [2.75, 3.05) is 5.32 Å². The molecule has 2 N–H and O–H groups in total. The van der Waals surface area contributed by atoms with Gasteiger partial charge in [0, 0.05) is 12.1 Å². The Kier molecular flexibility index (Phi) is 4.73. The van der Waals surface area contributed by atoms with Gasteiger partial charge in [-0.05, 0) is 47.2 Å². The van der Waals surface area contributed by atoms with E-state index in [2.05, 4.69) is 25.9 Å². The first kappa shape index (κ1) is 18.3. The number of hydrogen-bond donors (Lipinski definition) is 2. The number of nitrogens with zero attached hydrogens (tertiary/aromatic N) is 5. The molecule has 29 heavy (non-hydrogen) atoms. The van der Waals surface area contributed by atoms with Crippen LogP contribution in [-0.2, 0) is 11.3 Å². The monoisotopic (exact) mass is 391 g/mol. The SMILES string of the molecule is Cc1c(NC(=O)CCn2[nH]c(=O)c3ccccc3c2=O)cccc1-n1cnnn1. The van der Waals surface area contributed by atoms with Gasteiger partial charge in [0.1, 0.15) is 6.33 Å². The summed E-state index contributed by atoms with van der Waals surface area (Å²) in [6.07, 6.45) is 1.49. The summed E-state index contributed by atoms with van der Waals surface area (Å²) in [6, 6.07) is 12.0. The molecule has 0 bridgehead atoms. The van der Waals surface area contributed by atoms with Gasteiger partial charge in [-0.2, -0.15) is 0 Å². The number of fused-ring (bicyclic) bond motifs is 1. The molecular formula is C19H17N7O3. The Labute approximate surface area is 163 Å². The van der Waals surface area contributed by atoms with Crippen LogP contribution in [0.5, 0.6) is 0 Å². The van der Waals surface area contributed by atoms with Crippen LogP contribution in [0.2, 0.25) is 0 Å². The molecule has 146 valence electrons. The second-order valence-corrected chi connectivity index (χ2v) is 6.45. The Morgan fingerprint density at radius 3 is 2.66 bits per heavy atom. The number of H-pyrrole nitrogens is 1. The Morgan fingerprint density at radius 2 is 1.90 bits per heavy atom. The molecule has 0 saturated carbocycles. The van der Waals surface area contributed by atoms with Crippen molar-refractivity contribution in [3.63, 3.8) is 0 Å². The minimum Gasteiger partial charge on any atom is -0.326 e. The van der Waals surface area contributed by atoms with Crippen molar-refractivity contribution in [3.05, 3.63) is 75.1 Å². The highest BCUT2D eigenvalue weighted by molar-refractivity contribution is 5.92. The van der Waals surface area contributed by atoms with Gasteiger partial charge in [0.15, 0.2) is 0 Å². The van der Waals surface area contributed by atoms with E-state index in [-0.39, 0.29) is 30.0 Å². The summed E-state index contributed by atoms with van der Waals surface area (Å²) in [5.41, 5.74) is 1.44. The molecule has 4 rings (SSSR count). The van der Waals surface area contributed by atoms with Gasteiger partial charge >= 0.3 is 0 Å². The Balaban J connectivity index is 1.51. The van der Waals surface area contributed by atoms with Crippen molar-refractivity contribution < 1.29 is 4.79 Å². The van der Waals surface area contributed by atoms with Gasteiger partial charge in [-0.25, -0.2) is 9.36 Å². The molecule has 1 amide bonds. The largest absolute Gasteiger partial charge is 0.326 e. The minimum atomic E-state index is -0.370. The van der Waals surface area contributed by atoms with E-state index in [1.165, 1.54) is 11.0 Å². The first-order valence-electron chi connectivity index (χ1n) is 8.89. The Bertz CT molecular complexity index is 1310. The van der Waals surface area contributed by atoms with Crippen LogP contribution >= 0.6 is 0 Å². The maximum atomic E-state index is 12.5. The van der Waals surface area contributed by atoms with Crippen LogP contribution in [0.1, 0.15) is 12.0 Å². The molecule has 2 heterocycles. The van der Waals surface area contributed by atoms with E-state index in [0.717, 1.165) is 15.9 Å². The smallest absolute Gasteiger partial charge is 0.273 e. The number of nitrogens with one attached hydrogen (secondary N) is 2. The molecule has 0 aliphatic rings. The number of carbonyl (C=O) groups excluding carboxylic acids is 1. The van der Waals surface area contributed by atoms with Gasteiger partial charge < -0.3 is 5.32 Å². The summed E-state index contributed by atoms with van der Waals surface area (Å²) in [4.78, 5) is 37.1. The Hall–Kier alpha value is -4.08. The zero-order chi connectivity index (χ0) is 20.4. The summed E-state index contributed by atoms with van der Waals surface area (Å²) >= 11 is 0. The van der Waals surface area contributed by atoms with E-state index in [0.29, 0.717) is 16.5 Å². The van der Waals surface area contributed by atoms with Gasteiger partial charge in [-0.3, -0.25) is 19.5 Å². The summed E-state index contributed by atoms with van der Waals surface area (Å²) in [6.45, 7) is 1.90. The number of benzene rings is 2. The predicted octanol–water partition coefficient (Wildman–Crippen LogP) is 1.00. The number of amides is 1. The molecule has 0 fully saturated rings. The molecule has 0 spiro atoms. The van der Waals surface area contributed by atoms with Crippen molar-refractivity contribution in [2.45, 2.75) is 19.9 Å². The van der Waals surface area contributed by atoms with Crippen LogP contribution in [0.4, 0.5) is 5.69 Å². The van der Waals surface area contributed by atoms with Gasteiger partial charge in [-0.15, -0.1) is 5.10 Å². The van der Waals surface area contributed by atoms with E-state index in [1.807, 2.05) is 13.0 Å². The molecule has 4 aromatic rings. The van der Waals surface area contributed by atoms with Gasteiger partial charge in [0.25, 0.3) is 11.1 Å². The van der Waals surface area contributed by atoms with Gasteiger partial charge in [0.2, 0.25) is 5.91 Å². The lowest BCUT2D eigenvalue weighted by molar-refractivity contribution is -0.116. The first-order chi connectivity index (χ1) is 14.0. The van der Waals surface area contributed by atoms with Crippen molar-refractivity contribution in [1.29, 1.82) is 0 Å². The van der Waals surface area contributed by atoms with Crippen LogP contribution in [0.3, 0.4) is 0 Å². The second kappa shape index (κ2) is 7.50. The van der Waals surface area contributed by atoms with Crippen molar-refractivity contribution in [1.82, 2.24) is 30.0 Å². The van der Waals surface area contributed by atoms with Crippen LogP contribution < -0.4 is 16.4 Å². The number of anilines is 1. The summed E-state index contributed by atoms with van der Waals surface area (Å²) in [5, 5.41) is 17.1. The molecular weight excluding hydrogens is 374 g/mol. The molecule has 10 nitrogen and oxygen atoms in total. The number of aromatic nitrogens is 6. The number of rotatable bonds is 5. The Morgan fingerprint density at radius 1 is 1.10 bits per heavy atom. The van der Waals surface area contributed by atoms with Crippen LogP contribution in [0, 0.1) is 6.92 Å². The van der Waals surface area contributed by atoms with E-state index >= 15 is 0 Å². The number of aryl methyl sites for hydroxylation is 1. The third-order valence-corrected chi connectivity index (χ3v) is 4.62. The molecule has 2 aromatic heterocycles. The van der Waals surface area contributed by atoms with E-state index < -0.39 is 0 Å². The van der Waals surface area contributed by atoms with Crippen LogP contribution in [0.15, 0.2) is 58.4 Å². The van der Waals surface area contributed by atoms with Gasteiger partial charge in [0.05, 0.1) is 23.0 Å². The van der Waals surface area contributed by atoms with E-state index in [1.54, 1.807) is 36.4 Å². The third-order valence-electron chi connectivity index (χ3n) is 4.62. The minimum absolute atomic E-state index is 0.0166. The lowest BCUT2D eigenvalue weighted by atomic mass is 10.1. The van der Waals surface area contributed by atoms with Crippen molar-refractivity contribution >= 4 is 22.4 Å². The van der Waals surface area contributed by atoms with E-state index in [4.69, 9.17) is 0 Å². The molecule has 10 heteroatoms. The lowest BCUT2D eigenvalue weighted by Gasteiger charge is -2.12. The molecule has 0 saturated heterocycles. The molecule has 0 aliphatic heterocycles. The fourth-order valence-corrected chi connectivity index (χ4v) is 3.11. The van der Waals surface area contributed by atoms with Gasteiger partial charge in [-0.1, -0.05) is 18.2 Å². The second-order valence-electron chi connectivity index (χ2n) is 6.45. The number of hydrogen-bond acceptors (Lipinski definition) is 6.